The van der Waals surface area contributed by atoms with Gasteiger partial charge >= 0.3 is 6.36 Å². The Morgan fingerprint density at radius 1 is 1.26 bits per heavy atom. The van der Waals surface area contributed by atoms with Crippen LogP contribution < -0.4 is 20.5 Å². The third-order valence-electron chi connectivity index (χ3n) is 6.37. The van der Waals surface area contributed by atoms with Crippen LogP contribution >= 0.6 is 11.6 Å². The molecule has 1 aliphatic carbocycles. The number of fused-ring (bicyclic) bond motifs is 4. The quantitative estimate of drug-likeness (QED) is 0.673. The largest absolute Gasteiger partial charge is 0.573 e. The Bertz CT molecular complexity index is 1140. The zero-order valence-electron chi connectivity index (χ0n) is 17.6. The summed E-state index contributed by atoms with van der Waals surface area (Å²) in [5.41, 5.74) is 5.42. The molecule has 12 heteroatoms. The predicted octanol–water partition coefficient (Wildman–Crippen LogP) is 3.53. The first kappa shape index (κ1) is 22.6. The zero-order valence-corrected chi connectivity index (χ0v) is 18.4. The Kier molecular flexibility index (Phi) is 5.46. The molecule has 3 heterocycles. The van der Waals surface area contributed by atoms with Crippen LogP contribution in [0.4, 0.5) is 13.2 Å². The molecule has 180 valence electrons. The summed E-state index contributed by atoms with van der Waals surface area (Å²) in [4.78, 5) is 21.3. The summed E-state index contributed by atoms with van der Waals surface area (Å²) in [5.74, 6) is -0.634. The Labute approximate surface area is 197 Å². The van der Waals surface area contributed by atoms with Crippen LogP contribution in [0.5, 0.6) is 11.5 Å². The summed E-state index contributed by atoms with van der Waals surface area (Å²) in [5, 5.41) is 3.40. The first-order valence-electron chi connectivity index (χ1n) is 10.6. The molecule has 1 unspecified atom stereocenters. The number of nitrogens with zero attached hydrogens (tertiary/aromatic N) is 2. The summed E-state index contributed by atoms with van der Waals surface area (Å²) in [7, 11) is 0. The van der Waals surface area contributed by atoms with Crippen molar-refractivity contribution in [2.45, 2.75) is 43.3 Å². The van der Waals surface area contributed by atoms with Gasteiger partial charge in [0, 0.05) is 23.7 Å². The molecule has 5 rings (SSSR count). The Morgan fingerprint density at radius 2 is 2.09 bits per heavy atom. The molecule has 3 N–H and O–H groups in total. The minimum absolute atomic E-state index is 0.0469. The van der Waals surface area contributed by atoms with Gasteiger partial charge in [-0.3, -0.25) is 4.79 Å². The van der Waals surface area contributed by atoms with E-state index in [4.69, 9.17) is 26.8 Å². The number of hydrogen-bond acceptors (Lipinski definition) is 7. The van der Waals surface area contributed by atoms with Gasteiger partial charge in [0.05, 0.1) is 5.02 Å². The fraction of sp³-hybridized carbons (Fsp3) is 0.409. The number of ether oxygens (including phenoxy) is 3. The molecule has 1 amide bonds. The average molecular weight is 497 g/mol. The lowest BCUT2D eigenvalue weighted by Gasteiger charge is -2.48. The maximum Gasteiger partial charge on any atom is 0.573 e. The van der Waals surface area contributed by atoms with E-state index in [1.54, 1.807) is 6.07 Å². The van der Waals surface area contributed by atoms with Gasteiger partial charge in [0.2, 0.25) is 0 Å². The van der Waals surface area contributed by atoms with E-state index in [1.807, 2.05) is 0 Å². The van der Waals surface area contributed by atoms with Crippen molar-refractivity contribution in [2.24, 2.45) is 16.6 Å². The number of hydrogen-bond donors (Lipinski definition) is 2. The van der Waals surface area contributed by atoms with E-state index in [-0.39, 0.29) is 48.0 Å². The fourth-order valence-electron chi connectivity index (χ4n) is 4.97. The molecule has 2 aromatic rings. The lowest BCUT2D eigenvalue weighted by Crippen LogP contribution is -2.54. The molecule has 1 aromatic heterocycles. The van der Waals surface area contributed by atoms with Crippen LogP contribution in [0.2, 0.25) is 5.02 Å². The summed E-state index contributed by atoms with van der Waals surface area (Å²) >= 11 is 5.84. The Morgan fingerprint density at radius 3 is 2.76 bits per heavy atom. The number of amides is 1. The minimum Gasteiger partial charge on any atom is -0.490 e. The van der Waals surface area contributed by atoms with Crippen molar-refractivity contribution in [2.75, 3.05) is 6.61 Å². The summed E-state index contributed by atoms with van der Waals surface area (Å²) < 4.78 is 54.2. The van der Waals surface area contributed by atoms with E-state index < -0.39 is 11.9 Å². The third-order valence-corrected chi connectivity index (χ3v) is 6.60. The normalized spacial score (nSPS) is 27.6. The van der Waals surface area contributed by atoms with Crippen molar-refractivity contribution in [1.29, 1.82) is 0 Å². The lowest BCUT2D eigenvalue weighted by molar-refractivity contribution is -0.274. The SMILES string of the molecule is NC1=N[C@@]2(CO1)c1cc(OC(F)(F)F)ccc1O[C@H]1CC[C@H](NC(=O)c3ccc(Cl)cn3)CC12. The second-order valence-corrected chi connectivity index (χ2v) is 8.91. The number of carbonyl (C=O) groups is 1. The van der Waals surface area contributed by atoms with Crippen molar-refractivity contribution in [3.05, 3.63) is 52.8 Å². The molecule has 1 aromatic carbocycles. The van der Waals surface area contributed by atoms with Crippen molar-refractivity contribution in [1.82, 2.24) is 10.3 Å². The highest BCUT2D eigenvalue weighted by molar-refractivity contribution is 6.30. The van der Waals surface area contributed by atoms with Crippen molar-refractivity contribution >= 4 is 23.5 Å². The number of nitrogens with two attached hydrogens (primary N) is 1. The van der Waals surface area contributed by atoms with Gasteiger partial charge in [0.15, 0.2) is 0 Å². The first-order valence-corrected chi connectivity index (χ1v) is 11.0. The predicted molar refractivity (Wildman–Crippen MR) is 115 cm³/mol. The number of pyridine rings is 1. The number of halogens is 4. The van der Waals surface area contributed by atoms with Crippen LogP contribution in [0, 0.1) is 5.92 Å². The number of aromatic nitrogens is 1. The van der Waals surface area contributed by atoms with Crippen LogP contribution in [0.15, 0.2) is 41.5 Å². The fourth-order valence-corrected chi connectivity index (χ4v) is 5.08. The Hall–Kier alpha value is -3.21. The standard InChI is InChI=1S/C22H20ClF3N4O4/c23-11-1-4-16(28-9-11)19(31)29-12-2-5-17-14(7-12)21(10-32-20(27)30-21)15-8-13(34-22(24,25)26)3-6-18(15)33-17/h1,3-4,6,8-9,12,14,17H,2,5,7,10H2,(H2,27,30)(H,29,31)/t12-,14?,17-,21+/m0/s1. The maximum atomic E-state index is 12.8. The summed E-state index contributed by atoms with van der Waals surface area (Å²) in [6.07, 6.45) is -2.04. The molecule has 0 bridgehead atoms. The number of alkyl halides is 3. The third kappa shape index (κ3) is 4.20. The smallest absolute Gasteiger partial charge is 0.490 e. The van der Waals surface area contributed by atoms with Crippen LogP contribution in [-0.4, -0.2) is 42.0 Å². The summed E-state index contributed by atoms with van der Waals surface area (Å²) in [6, 6.07) is 6.74. The van der Waals surface area contributed by atoms with Crippen LogP contribution in [-0.2, 0) is 10.3 Å². The highest BCUT2D eigenvalue weighted by Gasteiger charge is 2.56. The molecule has 0 radical (unpaired) electrons. The molecule has 8 nitrogen and oxygen atoms in total. The van der Waals surface area contributed by atoms with Crippen molar-refractivity contribution in [3.63, 3.8) is 0 Å². The van der Waals surface area contributed by atoms with Gasteiger partial charge < -0.3 is 25.3 Å². The lowest BCUT2D eigenvalue weighted by atomic mass is 9.67. The highest BCUT2D eigenvalue weighted by atomic mass is 35.5. The molecule has 0 saturated heterocycles. The second-order valence-electron chi connectivity index (χ2n) is 8.48. The van der Waals surface area contributed by atoms with Crippen molar-refractivity contribution < 1.29 is 32.2 Å². The molecule has 2 aliphatic heterocycles. The molecular formula is C22H20ClF3N4O4. The average Bonchev–Trinajstić information content (AvgIpc) is 3.16. The molecule has 1 spiro atoms. The van der Waals surface area contributed by atoms with E-state index >= 15 is 0 Å². The monoisotopic (exact) mass is 496 g/mol. The number of benzene rings is 1. The van der Waals surface area contributed by atoms with E-state index in [1.165, 1.54) is 30.5 Å². The molecule has 34 heavy (non-hydrogen) atoms. The highest BCUT2D eigenvalue weighted by Crippen LogP contribution is 2.53. The Balaban J connectivity index is 1.44. The van der Waals surface area contributed by atoms with Gasteiger partial charge in [-0.25, -0.2) is 9.98 Å². The van der Waals surface area contributed by atoms with Crippen LogP contribution in [0.3, 0.4) is 0 Å². The number of nitrogens with one attached hydrogen (secondary N) is 1. The van der Waals surface area contributed by atoms with E-state index in [2.05, 4.69) is 20.0 Å². The van der Waals surface area contributed by atoms with E-state index in [0.717, 1.165) is 0 Å². The van der Waals surface area contributed by atoms with E-state index in [0.29, 0.717) is 35.6 Å². The molecule has 1 saturated carbocycles. The summed E-state index contributed by atoms with van der Waals surface area (Å²) in [6.45, 7) is 0.0469. The number of carbonyl (C=O) groups excluding carboxylic acids is 1. The van der Waals surface area contributed by atoms with Gasteiger partial charge in [0.25, 0.3) is 11.9 Å². The molecule has 4 atom stereocenters. The zero-order chi connectivity index (χ0) is 24.1. The van der Waals surface area contributed by atoms with Crippen LogP contribution in [0.25, 0.3) is 0 Å². The molecular weight excluding hydrogens is 477 g/mol. The van der Waals surface area contributed by atoms with Crippen molar-refractivity contribution in [3.8, 4) is 11.5 Å². The van der Waals surface area contributed by atoms with Gasteiger partial charge in [-0.05, 0) is 49.6 Å². The second kappa shape index (κ2) is 8.23. The van der Waals surface area contributed by atoms with E-state index in [9.17, 15) is 18.0 Å². The maximum absolute atomic E-state index is 12.8. The number of rotatable bonds is 3. The van der Waals surface area contributed by atoms with Gasteiger partial charge in [-0.2, -0.15) is 0 Å². The van der Waals surface area contributed by atoms with Crippen LogP contribution in [0.1, 0.15) is 35.3 Å². The molecule has 1 fully saturated rings. The minimum atomic E-state index is -4.84. The topological polar surface area (TPSA) is 108 Å². The first-order chi connectivity index (χ1) is 16.1. The number of amidine groups is 1. The molecule has 3 aliphatic rings. The van der Waals surface area contributed by atoms with Gasteiger partial charge in [0.1, 0.15) is 35.4 Å². The van der Waals surface area contributed by atoms with Gasteiger partial charge in [-0.1, -0.05) is 11.6 Å². The van der Waals surface area contributed by atoms with Gasteiger partial charge in [-0.15, -0.1) is 13.2 Å². The number of aliphatic imine (C=N–C) groups is 1.